The standard InChI is InChI=1S/C26H23N3O2S2/c1-18-9-10-22-20(15-25(30)31-23(22)14-18)17-33-26-28-27-24(16-21-8-5-13-32-21)29(26)12-11-19-6-3-2-4-7-19/h2-10,13-15H,11-12,16-17H2,1H3. The SMILES string of the molecule is Cc1ccc2c(CSc3nnc(Cc4cccs4)n3CCc3ccccc3)cc(=O)oc2c1. The van der Waals surface area contributed by atoms with Crippen molar-refractivity contribution in [1.82, 2.24) is 14.8 Å². The van der Waals surface area contributed by atoms with Gasteiger partial charge >= 0.3 is 5.63 Å². The highest BCUT2D eigenvalue weighted by molar-refractivity contribution is 7.98. The zero-order chi connectivity index (χ0) is 22.6. The second-order valence-corrected chi connectivity index (χ2v) is 9.90. The van der Waals surface area contributed by atoms with Gasteiger partial charge in [0.2, 0.25) is 0 Å². The summed E-state index contributed by atoms with van der Waals surface area (Å²) in [4.78, 5) is 13.4. The first-order valence-corrected chi connectivity index (χ1v) is 12.7. The molecule has 0 unspecified atom stereocenters. The number of aromatic nitrogens is 3. The van der Waals surface area contributed by atoms with Gasteiger partial charge in [-0.05, 0) is 47.5 Å². The topological polar surface area (TPSA) is 60.9 Å². The minimum atomic E-state index is -0.326. The zero-order valence-electron chi connectivity index (χ0n) is 18.2. The molecule has 0 amide bonds. The van der Waals surface area contributed by atoms with Crippen molar-refractivity contribution in [3.8, 4) is 0 Å². The van der Waals surface area contributed by atoms with Gasteiger partial charge in [0.25, 0.3) is 0 Å². The maximum atomic E-state index is 12.1. The number of fused-ring (bicyclic) bond motifs is 1. The molecule has 2 aromatic carbocycles. The van der Waals surface area contributed by atoms with Crippen LogP contribution in [-0.4, -0.2) is 14.8 Å². The number of thioether (sulfide) groups is 1. The average Bonchev–Trinajstić information content (AvgIpc) is 3.46. The van der Waals surface area contributed by atoms with Crippen LogP contribution >= 0.6 is 23.1 Å². The summed E-state index contributed by atoms with van der Waals surface area (Å²) in [5, 5.41) is 13.0. The van der Waals surface area contributed by atoms with E-state index < -0.39 is 0 Å². The molecule has 0 fully saturated rings. The third kappa shape index (κ3) is 5.10. The van der Waals surface area contributed by atoms with Crippen LogP contribution < -0.4 is 5.63 Å². The van der Waals surface area contributed by atoms with Crippen molar-refractivity contribution in [1.29, 1.82) is 0 Å². The highest BCUT2D eigenvalue weighted by Gasteiger charge is 2.15. The molecule has 3 aromatic heterocycles. The fourth-order valence-electron chi connectivity index (χ4n) is 3.83. The Kier molecular flexibility index (Phi) is 6.41. The Morgan fingerprint density at radius 1 is 1.03 bits per heavy atom. The molecule has 0 atom stereocenters. The van der Waals surface area contributed by atoms with E-state index >= 15 is 0 Å². The quantitative estimate of drug-likeness (QED) is 0.208. The summed E-state index contributed by atoms with van der Waals surface area (Å²) in [6.07, 6.45) is 1.66. The Balaban J connectivity index is 1.42. The van der Waals surface area contributed by atoms with E-state index in [2.05, 4.69) is 56.5 Å². The van der Waals surface area contributed by atoms with E-state index in [1.807, 2.05) is 31.2 Å². The number of hydrogen-bond acceptors (Lipinski definition) is 6. The van der Waals surface area contributed by atoms with Gasteiger partial charge in [-0.3, -0.25) is 0 Å². The molecule has 166 valence electrons. The van der Waals surface area contributed by atoms with Gasteiger partial charge in [-0.1, -0.05) is 60.3 Å². The average molecular weight is 474 g/mol. The van der Waals surface area contributed by atoms with Crippen LogP contribution in [0.5, 0.6) is 0 Å². The summed E-state index contributed by atoms with van der Waals surface area (Å²) >= 11 is 3.34. The lowest BCUT2D eigenvalue weighted by Gasteiger charge is -2.11. The minimum absolute atomic E-state index is 0.326. The Hall–Kier alpha value is -3.16. The van der Waals surface area contributed by atoms with Crippen LogP contribution in [0.2, 0.25) is 0 Å². The van der Waals surface area contributed by atoms with Crippen molar-refractivity contribution in [2.45, 2.75) is 37.2 Å². The first-order chi connectivity index (χ1) is 16.2. The molecule has 0 radical (unpaired) electrons. The molecule has 3 heterocycles. The van der Waals surface area contributed by atoms with Crippen LogP contribution in [0.4, 0.5) is 0 Å². The first-order valence-electron chi connectivity index (χ1n) is 10.8. The Morgan fingerprint density at radius 2 is 1.91 bits per heavy atom. The van der Waals surface area contributed by atoms with E-state index in [0.717, 1.165) is 46.9 Å². The molecular formula is C26H23N3O2S2. The van der Waals surface area contributed by atoms with Crippen LogP contribution in [0.15, 0.2) is 86.5 Å². The highest BCUT2D eigenvalue weighted by atomic mass is 32.2. The second kappa shape index (κ2) is 9.77. The molecule has 0 saturated heterocycles. The maximum absolute atomic E-state index is 12.1. The molecule has 0 aliphatic heterocycles. The summed E-state index contributed by atoms with van der Waals surface area (Å²) in [5.74, 6) is 1.58. The maximum Gasteiger partial charge on any atom is 0.336 e. The molecule has 0 spiro atoms. The number of rotatable bonds is 8. The van der Waals surface area contributed by atoms with Gasteiger partial charge in [-0.25, -0.2) is 4.79 Å². The molecule has 0 N–H and O–H groups in total. The van der Waals surface area contributed by atoms with Gasteiger partial charge in [0, 0.05) is 35.0 Å². The van der Waals surface area contributed by atoms with E-state index in [1.165, 1.54) is 10.4 Å². The fraction of sp³-hybridized carbons (Fsp3) is 0.192. The van der Waals surface area contributed by atoms with Gasteiger partial charge in [-0.2, -0.15) is 0 Å². The van der Waals surface area contributed by atoms with Crippen LogP contribution in [0.25, 0.3) is 11.0 Å². The Morgan fingerprint density at radius 3 is 2.73 bits per heavy atom. The van der Waals surface area contributed by atoms with Crippen molar-refractivity contribution in [2.24, 2.45) is 0 Å². The normalized spacial score (nSPS) is 11.3. The Labute approximate surface area is 200 Å². The number of thiophene rings is 1. The highest BCUT2D eigenvalue weighted by Crippen LogP contribution is 2.27. The van der Waals surface area contributed by atoms with Crippen LogP contribution in [0, 0.1) is 6.92 Å². The van der Waals surface area contributed by atoms with E-state index in [0.29, 0.717) is 11.3 Å². The molecule has 7 heteroatoms. The summed E-state index contributed by atoms with van der Waals surface area (Å²) in [6.45, 7) is 2.79. The lowest BCUT2D eigenvalue weighted by molar-refractivity contribution is 0.559. The monoisotopic (exact) mass is 473 g/mol. The predicted octanol–water partition coefficient (Wildman–Crippen LogP) is 5.88. The fourth-order valence-corrected chi connectivity index (χ4v) is 5.51. The smallest absolute Gasteiger partial charge is 0.336 e. The van der Waals surface area contributed by atoms with Crippen LogP contribution in [-0.2, 0) is 25.1 Å². The molecule has 0 aliphatic rings. The van der Waals surface area contributed by atoms with Crippen molar-refractivity contribution in [3.63, 3.8) is 0 Å². The lowest BCUT2D eigenvalue weighted by atomic mass is 10.1. The molecule has 5 nitrogen and oxygen atoms in total. The first kappa shape index (κ1) is 21.7. The summed E-state index contributed by atoms with van der Waals surface area (Å²) in [7, 11) is 0. The minimum Gasteiger partial charge on any atom is -0.423 e. The lowest BCUT2D eigenvalue weighted by Crippen LogP contribution is -2.08. The van der Waals surface area contributed by atoms with E-state index in [-0.39, 0.29) is 5.63 Å². The van der Waals surface area contributed by atoms with E-state index in [9.17, 15) is 4.79 Å². The van der Waals surface area contributed by atoms with Crippen LogP contribution in [0.3, 0.4) is 0 Å². The van der Waals surface area contributed by atoms with Gasteiger partial charge in [-0.15, -0.1) is 21.5 Å². The zero-order valence-corrected chi connectivity index (χ0v) is 19.9. The summed E-state index contributed by atoms with van der Waals surface area (Å²) < 4.78 is 7.63. The number of benzene rings is 2. The van der Waals surface area contributed by atoms with Gasteiger partial charge in [0.15, 0.2) is 5.16 Å². The van der Waals surface area contributed by atoms with Crippen molar-refractivity contribution in [3.05, 3.63) is 110 Å². The van der Waals surface area contributed by atoms with Crippen molar-refractivity contribution in [2.75, 3.05) is 0 Å². The molecular weight excluding hydrogens is 450 g/mol. The van der Waals surface area contributed by atoms with Crippen LogP contribution in [0.1, 0.15) is 27.4 Å². The number of nitrogens with zero attached hydrogens (tertiary/aromatic N) is 3. The number of aryl methyl sites for hydroxylation is 2. The molecule has 5 aromatic rings. The largest absolute Gasteiger partial charge is 0.423 e. The third-order valence-corrected chi connectivity index (χ3v) is 7.41. The summed E-state index contributed by atoms with van der Waals surface area (Å²) in [6, 6.07) is 22.2. The predicted molar refractivity (Wildman–Crippen MR) is 134 cm³/mol. The molecule has 5 rings (SSSR count). The Bertz CT molecular complexity index is 1420. The molecule has 0 aliphatic carbocycles. The number of hydrogen-bond donors (Lipinski definition) is 0. The van der Waals surface area contributed by atoms with Crippen molar-refractivity contribution < 1.29 is 4.42 Å². The van der Waals surface area contributed by atoms with E-state index in [1.54, 1.807) is 29.2 Å². The van der Waals surface area contributed by atoms with Gasteiger partial charge in [0.05, 0.1) is 0 Å². The molecule has 33 heavy (non-hydrogen) atoms. The molecule has 0 bridgehead atoms. The van der Waals surface area contributed by atoms with Gasteiger partial charge in [0.1, 0.15) is 11.4 Å². The second-order valence-electron chi connectivity index (χ2n) is 7.92. The van der Waals surface area contributed by atoms with Crippen molar-refractivity contribution >= 4 is 34.1 Å². The van der Waals surface area contributed by atoms with Gasteiger partial charge < -0.3 is 8.98 Å². The third-order valence-electron chi connectivity index (χ3n) is 5.52. The van der Waals surface area contributed by atoms with E-state index in [4.69, 9.17) is 4.42 Å². The molecule has 0 saturated carbocycles. The summed E-state index contributed by atoms with van der Waals surface area (Å²) in [5.41, 5.74) is 3.60.